The van der Waals surface area contributed by atoms with E-state index in [-0.39, 0.29) is 24.0 Å². The van der Waals surface area contributed by atoms with Gasteiger partial charge < -0.3 is 10.6 Å². The van der Waals surface area contributed by atoms with Crippen molar-refractivity contribution in [1.82, 2.24) is 35.0 Å². The van der Waals surface area contributed by atoms with Crippen LogP contribution in [0.2, 0.25) is 0 Å². The fourth-order valence-electron chi connectivity index (χ4n) is 2.48. The van der Waals surface area contributed by atoms with Gasteiger partial charge in [-0.1, -0.05) is 6.07 Å². The average molecular weight is 454 g/mol. The van der Waals surface area contributed by atoms with Crippen LogP contribution >= 0.6 is 24.0 Å². The van der Waals surface area contributed by atoms with Crippen molar-refractivity contribution in [3.8, 4) is 0 Å². The average Bonchev–Trinajstić information content (AvgIpc) is 3.21. The monoisotopic (exact) mass is 454 g/mol. The number of aliphatic imine (C=N–C) groups is 1. The van der Waals surface area contributed by atoms with E-state index in [2.05, 4.69) is 30.9 Å². The van der Waals surface area contributed by atoms with Crippen LogP contribution in [-0.4, -0.2) is 43.9 Å². The maximum atomic E-state index is 4.24. The first kappa shape index (κ1) is 19.2. The molecule has 0 atom stereocenters. The Bertz CT molecular complexity index is 822. The van der Waals surface area contributed by atoms with Gasteiger partial charge in [0, 0.05) is 39.5 Å². The van der Waals surface area contributed by atoms with E-state index in [0.29, 0.717) is 6.54 Å². The van der Waals surface area contributed by atoms with Crippen molar-refractivity contribution >= 4 is 35.6 Å². The zero-order valence-corrected chi connectivity index (χ0v) is 16.7. The molecule has 0 spiro atoms. The van der Waals surface area contributed by atoms with Gasteiger partial charge in [-0.2, -0.15) is 5.10 Å². The van der Waals surface area contributed by atoms with E-state index in [1.165, 1.54) is 0 Å². The molecule has 0 fully saturated rings. The van der Waals surface area contributed by atoms with Crippen molar-refractivity contribution < 1.29 is 0 Å². The van der Waals surface area contributed by atoms with E-state index in [0.717, 1.165) is 42.5 Å². The van der Waals surface area contributed by atoms with E-state index in [1.54, 1.807) is 13.2 Å². The van der Waals surface area contributed by atoms with E-state index in [9.17, 15) is 0 Å². The maximum Gasteiger partial charge on any atom is 0.191 e. The minimum atomic E-state index is 0. The van der Waals surface area contributed by atoms with Crippen LogP contribution in [-0.2, 0) is 20.0 Å². The smallest absolute Gasteiger partial charge is 0.191 e. The molecule has 0 aromatic carbocycles. The number of halogens is 1. The van der Waals surface area contributed by atoms with E-state index in [4.69, 9.17) is 0 Å². The van der Waals surface area contributed by atoms with Crippen LogP contribution in [0.3, 0.4) is 0 Å². The van der Waals surface area contributed by atoms with Gasteiger partial charge in [0.25, 0.3) is 0 Å². The molecule has 0 bridgehead atoms. The molecule has 0 aliphatic rings. The van der Waals surface area contributed by atoms with Crippen molar-refractivity contribution in [2.75, 3.05) is 13.6 Å². The van der Waals surface area contributed by atoms with Crippen LogP contribution in [0.15, 0.2) is 41.7 Å². The lowest BCUT2D eigenvalue weighted by Gasteiger charge is -2.11. The molecular formula is C16H23IN8. The molecule has 0 aliphatic carbocycles. The van der Waals surface area contributed by atoms with Crippen LogP contribution in [0.25, 0.3) is 5.65 Å². The van der Waals surface area contributed by atoms with Gasteiger partial charge in [0.2, 0.25) is 0 Å². The third-order valence-electron chi connectivity index (χ3n) is 3.84. The highest BCUT2D eigenvalue weighted by molar-refractivity contribution is 14.0. The van der Waals surface area contributed by atoms with Crippen molar-refractivity contribution in [2.45, 2.75) is 19.4 Å². The Balaban J connectivity index is 0.00000225. The number of aromatic nitrogens is 5. The number of rotatable bonds is 6. The van der Waals surface area contributed by atoms with Crippen molar-refractivity contribution in [3.05, 3.63) is 48.2 Å². The van der Waals surface area contributed by atoms with Crippen molar-refractivity contribution in [1.29, 1.82) is 0 Å². The summed E-state index contributed by atoms with van der Waals surface area (Å²) in [4.78, 5) is 4.23. The highest BCUT2D eigenvalue weighted by Gasteiger charge is 2.05. The van der Waals surface area contributed by atoms with Crippen LogP contribution in [0.5, 0.6) is 0 Å². The van der Waals surface area contributed by atoms with Crippen LogP contribution < -0.4 is 10.6 Å². The molecular weight excluding hydrogens is 431 g/mol. The second-order valence-electron chi connectivity index (χ2n) is 5.45. The molecule has 3 rings (SSSR count). The molecule has 3 heterocycles. The summed E-state index contributed by atoms with van der Waals surface area (Å²) in [7, 11) is 3.70. The first-order chi connectivity index (χ1) is 11.8. The molecule has 2 N–H and O–H groups in total. The van der Waals surface area contributed by atoms with E-state index < -0.39 is 0 Å². The minimum absolute atomic E-state index is 0. The highest BCUT2D eigenvalue weighted by Crippen LogP contribution is 2.04. The van der Waals surface area contributed by atoms with Crippen LogP contribution in [0, 0.1) is 0 Å². The molecule has 25 heavy (non-hydrogen) atoms. The minimum Gasteiger partial charge on any atom is -0.356 e. The van der Waals surface area contributed by atoms with Crippen LogP contribution in [0.1, 0.15) is 17.9 Å². The largest absolute Gasteiger partial charge is 0.356 e. The Kier molecular flexibility index (Phi) is 7.16. The lowest BCUT2D eigenvalue weighted by molar-refractivity contribution is 0.676. The Morgan fingerprint density at radius 2 is 2.08 bits per heavy atom. The zero-order chi connectivity index (χ0) is 16.8. The molecule has 3 aromatic heterocycles. The maximum absolute atomic E-state index is 4.24. The summed E-state index contributed by atoms with van der Waals surface area (Å²) in [6, 6.07) is 7.89. The zero-order valence-electron chi connectivity index (χ0n) is 14.4. The Hall–Kier alpha value is -2.17. The Morgan fingerprint density at radius 3 is 2.84 bits per heavy atom. The van der Waals surface area contributed by atoms with Gasteiger partial charge in [0.05, 0.1) is 12.2 Å². The van der Waals surface area contributed by atoms with Gasteiger partial charge in [-0.25, -0.2) is 0 Å². The molecule has 0 saturated heterocycles. The van der Waals surface area contributed by atoms with Gasteiger partial charge in [-0.05, 0) is 24.6 Å². The number of hydrogen-bond acceptors (Lipinski definition) is 4. The number of fused-ring (bicyclic) bond motifs is 1. The van der Waals surface area contributed by atoms with Gasteiger partial charge >= 0.3 is 0 Å². The normalized spacial score (nSPS) is 11.4. The number of aryl methyl sites for hydroxylation is 2. The first-order valence-electron chi connectivity index (χ1n) is 7.98. The standard InChI is InChI=1S/C16H22N8.HI/c1-17-16(19-12-13-8-10-20-23(13)2)18-9-5-7-15-22-21-14-6-3-4-11-24(14)15;/h3-4,6,8,10-11H,5,7,9,12H2,1-2H3,(H2,17,18,19);1H. The molecule has 0 aliphatic heterocycles. The first-order valence-corrected chi connectivity index (χ1v) is 7.98. The van der Waals surface area contributed by atoms with Crippen molar-refractivity contribution in [3.63, 3.8) is 0 Å². The fourth-order valence-corrected chi connectivity index (χ4v) is 2.48. The second-order valence-corrected chi connectivity index (χ2v) is 5.45. The molecule has 0 unspecified atom stereocenters. The van der Waals surface area contributed by atoms with Gasteiger partial charge in [-0.15, -0.1) is 34.2 Å². The van der Waals surface area contributed by atoms with Gasteiger partial charge in [0.15, 0.2) is 11.6 Å². The highest BCUT2D eigenvalue weighted by atomic mass is 127. The lowest BCUT2D eigenvalue weighted by atomic mass is 10.3. The van der Waals surface area contributed by atoms with E-state index >= 15 is 0 Å². The fraction of sp³-hybridized carbons (Fsp3) is 0.375. The number of hydrogen-bond donors (Lipinski definition) is 2. The van der Waals surface area contributed by atoms with Crippen molar-refractivity contribution in [2.24, 2.45) is 12.0 Å². The number of nitrogens with one attached hydrogen (secondary N) is 2. The van der Waals surface area contributed by atoms with Gasteiger partial charge in [-0.3, -0.25) is 14.1 Å². The summed E-state index contributed by atoms with van der Waals surface area (Å²) in [5.74, 6) is 1.76. The topological polar surface area (TPSA) is 84.4 Å². The lowest BCUT2D eigenvalue weighted by Crippen LogP contribution is -2.37. The van der Waals surface area contributed by atoms with Crippen LogP contribution in [0.4, 0.5) is 0 Å². The number of guanidine groups is 1. The quantitative estimate of drug-likeness (QED) is 0.255. The molecule has 8 nitrogen and oxygen atoms in total. The third kappa shape index (κ3) is 4.91. The third-order valence-corrected chi connectivity index (χ3v) is 3.84. The summed E-state index contributed by atoms with van der Waals surface area (Å²) < 4.78 is 3.87. The summed E-state index contributed by atoms with van der Waals surface area (Å²) in [6.45, 7) is 1.50. The molecule has 0 radical (unpaired) electrons. The molecule has 0 amide bonds. The number of nitrogens with zero attached hydrogens (tertiary/aromatic N) is 6. The summed E-state index contributed by atoms with van der Waals surface area (Å²) in [6.07, 6.45) is 5.58. The summed E-state index contributed by atoms with van der Waals surface area (Å²) >= 11 is 0. The Morgan fingerprint density at radius 1 is 1.20 bits per heavy atom. The summed E-state index contributed by atoms with van der Waals surface area (Å²) in [5.41, 5.74) is 1.99. The predicted octanol–water partition coefficient (Wildman–Crippen LogP) is 1.38. The summed E-state index contributed by atoms with van der Waals surface area (Å²) in [5, 5.41) is 19.1. The Labute approximate surface area is 163 Å². The predicted molar refractivity (Wildman–Crippen MR) is 108 cm³/mol. The van der Waals surface area contributed by atoms with E-state index in [1.807, 2.05) is 46.6 Å². The number of pyridine rings is 1. The molecule has 3 aromatic rings. The molecule has 134 valence electrons. The molecule has 9 heteroatoms. The van der Waals surface area contributed by atoms with Gasteiger partial charge in [0.1, 0.15) is 5.82 Å². The second kappa shape index (κ2) is 9.35. The SMILES string of the molecule is CN=C(NCCCc1nnc2ccccn12)NCc1ccnn1C.I. The molecule has 0 saturated carbocycles.